The first-order valence-corrected chi connectivity index (χ1v) is 12.8. The number of nitrogens with zero attached hydrogens (tertiary/aromatic N) is 2. The molecule has 33 heavy (non-hydrogen) atoms. The molecule has 0 amide bonds. The first kappa shape index (κ1) is 20.7. The first-order valence-electron chi connectivity index (χ1n) is 12.8. The molecule has 0 bridgehead atoms. The maximum Gasteiger partial charge on any atom is 0.295 e. The number of pyridine rings is 1. The highest BCUT2D eigenvalue weighted by Gasteiger charge is 2.41. The molecule has 0 N–H and O–H groups in total. The molecule has 2 aromatic heterocycles. The van der Waals surface area contributed by atoms with Crippen LogP contribution in [0.1, 0.15) is 76.6 Å². The molecule has 3 heterocycles. The van der Waals surface area contributed by atoms with Gasteiger partial charge >= 0.3 is 0 Å². The molecular weight excluding hydrogens is 400 g/mol. The minimum absolute atomic E-state index is 0.147. The highest BCUT2D eigenvalue weighted by atomic mass is 15.2. The Hall–Kier alpha value is -2.87. The molecule has 1 aliphatic carbocycles. The van der Waals surface area contributed by atoms with E-state index in [1.807, 2.05) is 0 Å². The topological polar surface area (TPSA) is 8.29 Å². The minimum Gasteiger partial charge on any atom is -0.224 e. The number of imidazole rings is 1. The summed E-state index contributed by atoms with van der Waals surface area (Å²) in [6.07, 6.45) is 11.9. The highest BCUT2D eigenvalue weighted by Crippen LogP contribution is 2.41. The van der Waals surface area contributed by atoms with Gasteiger partial charge < -0.3 is 0 Å². The lowest BCUT2D eigenvalue weighted by molar-refractivity contribution is -0.743. The van der Waals surface area contributed by atoms with Crippen LogP contribution < -0.4 is 4.57 Å². The van der Waals surface area contributed by atoms with E-state index in [1.165, 1.54) is 67.3 Å². The molecule has 168 valence electrons. The van der Waals surface area contributed by atoms with Crippen molar-refractivity contribution in [1.29, 1.82) is 0 Å². The summed E-state index contributed by atoms with van der Waals surface area (Å²) in [5, 5.41) is 4.24. The second-order valence-corrected chi connectivity index (χ2v) is 10.4. The normalized spacial score (nSPS) is 17.9. The summed E-state index contributed by atoms with van der Waals surface area (Å²) in [5.41, 5.74) is 11.5. The Morgan fingerprint density at radius 3 is 2.55 bits per heavy atom. The molecular formula is C31H35N2+. The third kappa shape index (κ3) is 2.76. The Morgan fingerprint density at radius 2 is 1.79 bits per heavy atom. The van der Waals surface area contributed by atoms with Gasteiger partial charge in [0, 0.05) is 16.3 Å². The molecule has 0 unspecified atom stereocenters. The number of benzene rings is 2. The van der Waals surface area contributed by atoms with Gasteiger partial charge in [0.15, 0.2) is 5.69 Å². The first-order chi connectivity index (χ1) is 16.0. The number of hydrogen-bond donors (Lipinski definition) is 0. The third-order valence-electron chi connectivity index (χ3n) is 8.72. The van der Waals surface area contributed by atoms with Crippen LogP contribution in [0.25, 0.3) is 32.9 Å². The van der Waals surface area contributed by atoms with E-state index in [0.29, 0.717) is 0 Å². The van der Waals surface area contributed by atoms with Gasteiger partial charge in [-0.3, -0.25) is 0 Å². The van der Waals surface area contributed by atoms with E-state index in [2.05, 4.69) is 92.3 Å². The molecule has 4 aromatic rings. The van der Waals surface area contributed by atoms with Gasteiger partial charge in [0.05, 0.1) is 5.39 Å². The summed E-state index contributed by atoms with van der Waals surface area (Å²) in [4.78, 5) is 0. The van der Waals surface area contributed by atoms with E-state index in [4.69, 9.17) is 0 Å². The van der Waals surface area contributed by atoms with Crippen molar-refractivity contribution in [3.8, 4) is 0 Å². The van der Waals surface area contributed by atoms with Crippen LogP contribution in [-0.2, 0) is 12.0 Å². The largest absolute Gasteiger partial charge is 0.295 e. The van der Waals surface area contributed by atoms with Gasteiger partial charge in [-0.2, -0.15) is 4.40 Å². The van der Waals surface area contributed by atoms with Crippen LogP contribution in [0.3, 0.4) is 0 Å². The molecule has 2 nitrogen and oxygen atoms in total. The molecule has 0 spiro atoms. The SMILES string of the molecule is CCC1(CC)CCc2cccc3c4cc(C)ccc4n4c(C5=C(C)CCC=C5C)c[n+]1c4c23. The fraction of sp³-hybridized carbons (Fsp3) is 0.387. The van der Waals surface area contributed by atoms with Crippen molar-refractivity contribution in [1.82, 2.24) is 4.40 Å². The van der Waals surface area contributed by atoms with E-state index < -0.39 is 0 Å². The molecule has 1 aliphatic heterocycles. The summed E-state index contributed by atoms with van der Waals surface area (Å²) in [6.45, 7) is 11.6. The molecule has 2 heteroatoms. The summed E-state index contributed by atoms with van der Waals surface area (Å²) < 4.78 is 5.32. The molecule has 0 atom stereocenters. The monoisotopic (exact) mass is 435 g/mol. The predicted molar refractivity (Wildman–Crippen MR) is 140 cm³/mol. The Labute approximate surface area is 197 Å². The predicted octanol–water partition coefficient (Wildman–Crippen LogP) is 7.82. The zero-order valence-electron chi connectivity index (χ0n) is 20.8. The van der Waals surface area contributed by atoms with E-state index in [9.17, 15) is 0 Å². The van der Waals surface area contributed by atoms with Gasteiger partial charge in [-0.25, -0.2) is 4.57 Å². The summed E-state index contributed by atoms with van der Waals surface area (Å²) >= 11 is 0. The molecule has 2 aromatic carbocycles. The van der Waals surface area contributed by atoms with Crippen molar-refractivity contribution in [3.05, 3.63) is 76.6 Å². The van der Waals surface area contributed by atoms with Crippen molar-refractivity contribution in [3.63, 3.8) is 0 Å². The van der Waals surface area contributed by atoms with Crippen LogP contribution in [0.2, 0.25) is 0 Å². The molecule has 0 radical (unpaired) electrons. The maximum atomic E-state index is 2.70. The van der Waals surface area contributed by atoms with Crippen LogP contribution >= 0.6 is 0 Å². The molecule has 0 saturated heterocycles. The number of rotatable bonds is 3. The quantitative estimate of drug-likeness (QED) is 0.229. The number of fused-ring (bicyclic) bond motifs is 3. The third-order valence-corrected chi connectivity index (χ3v) is 8.72. The second kappa shape index (κ2) is 7.32. The average Bonchev–Trinajstić information content (AvgIpc) is 3.14. The zero-order valence-corrected chi connectivity index (χ0v) is 20.8. The van der Waals surface area contributed by atoms with Gasteiger partial charge in [-0.15, -0.1) is 0 Å². The summed E-state index contributed by atoms with van der Waals surface area (Å²) in [5.74, 6) is 0. The zero-order chi connectivity index (χ0) is 22.9. The molecule has 0 saturated carbocycles. The second-order valence-electron chi connectivity index (χ2n) is 10.4. The Kier molecular flexibility index (Phi) is 4.59. The van der Waals surface area contributed by atoms with Crippen LogP contribution in [0.15, 0.2) is 59.8 Å². The fourth-order valence-corrected chi connectivity index (χ4v) is 6.76. The molecule has 2 aliphatic rings. The Balaban J connectivity index is 1.92. The van der Waals surface area contributed by atoms with Crippen molar-refractivity contribution in [2.24, 2.45) is 0 Å². The number of aromatic nitrogens is 2. The van der Waals surface area contributed by atoms with E-state index in [0.717, 1.165) is 32.1 Å². The molecule has 6 rings (SSSR count). The minimum atomic E-state index is 0.147. The fourth-order valence-electron chi connectivity index (χ4n) is 6.76. The maximum absolute atomic E-state index is 2.70. The van der Waals surface area contributed by atoms with Gasteiger partial charge in [-0.05, 0) is 82.6 Å². The Morgan fingerprint density at radius 1 is 0.970 bits per heavy atom. The summed E-state index contributed by atoms with van der Waals surface area (Å²) in [6, 6.07) is 14.0. The lowest BCUT2D eigenvalue weighted by Crippen LogP contribution is -2.54. The van der Waals surface area contributed by atoms with E-state index in [1.54, 1.807) is 0 Å². The van der Waals surface area contributed by atoms with Crippen molar-refractivity contribution in [2.75, 3.05) is 0 Å². The number of allylic oxidation sites excluding steroid dienone is 4. The van der Waals surface area contributed by atoms with Crippen LogP contribution in [-0.4, -0.2) is 4.40 Å². The Bertz CT molecular complexity index is 1510. The van der Waals surface area contributed by atoms with Gasteiger partial charge in [0.25, 0.3) is 5.65 Å². The summed E-state index contributed by atoms with van der Waals surface area (Å²) in [7, 11) is 0. The van der Waals surface area contributed by atoms with Crippen molar-refractivity contribution < 1.29 is 4.57 Å². The molecule has 0 fully saturated rings. The van der Waals surface area contributed by atoms with Crippen LogP contribution in [0.5, 0.6) is 0 Å². The average molecular weight is 436 g/mol. The van der Waals surface area contributed by atoms with E-state index >= 15 is 0 Å². The van der Waals surface area contributed by atoms with Gasteiger partial charge in [0.1, 0.15) is 17.3 Å². The van der Waals surface area contributed by atoms with Crippen LogP contribution in [0, 0.1) is 6.92 Å². The lowest BCUT2D eigenvalue weighted by atomic mass is 9.86. The number of aryl methyl sites for hydroxylation is 2. The van der Waals surface area contributed by atoms with Crippen molar-refractivity contribution in [2.45, 2.75) is 78.7 Å². The van der Waals surface area contributed by atoms with Crippen molar-refractivity contribution >= 4 is 32.9 Å². The highest BCUT2D eigenvalue weighted by molar-refractivity contribution is 6.13. The smallest absolute Gasteiger partial charge is 0.224 e. The van der Waals surface area contributed by atoms with Gasteiger partial charge in [-0.1, -0.05) is 55.3 Å². The van der Waals surface area contributed by atoms with Gasteiger partial charge in [0.2, 0.25) is 0 Å². The van der Waals surface area contributed by atoms with Crippen LogP contribution in [0.4, 0.5) is 0 Å². The lowest BCUT2D eigenvalue weighted by Gasteiger charge is -2.27. The number of hydrogen-bond acceptors (Lipinski definition) is 0. The standard InChI is InChI=1S/C31H35N2/c1-6-31(7-2)17-16-23-12-9-13-24-25-18-20(3)14-15-26(25)33-27(19-32(31)30(33)29(23)24)28-21(4)10-8-11-22(28)5/h9-10,12-15,18-19H,6-8,11,16-17H2,1-5H3/q+1. The van der Waals surface area contributed by atoms with E-state index in [-0.39, 0.29) is 5.54 Å².